The van der Waals surface area contributed by atoms with Gasteiger partial charge in [0.2, 0.25) is 5.91 Å². The summed E-state index contributed by atoms with van der Waals surface area (Å²) in [7, 11) is 0. The highest BCUT2D eigenvalue weighted by atomic mass is 32.1. The molecule has 1 aliphatic heterocycles. The van der Waals surface area contributed by atoms with Crippen LogP contribution >= 0.6 is 11.3 Å². The minimum Gasteiger partial charge on any atom is -0.353 e. The topological polar surface area (TPSA) is 48.5 Å². The van der Waals surface area contributed by atoms with Crippen molar-refractivity contribution < 1.29 is 4.79 Å². The standard InChI is InChI=1S/C13H22N4OS/c1-3-11(2)15-12(18)10-16-5-7-17(8-6-16)13-14-4-9-19-13/h4,9,11H,3,5-8,10H2,1-2H3,(H,15,18)/t11-/m0/s1. The van der Waals surface area contributed by atoms with Crippen LogP contribution in [0.15, 0.2) is 11.6 Å². The summed E-state index contributed by atoms with van der Waals surface area (Å²) in [5.41, 5.74) is 0. The highest BCUT2D eigenvalue weighted by Crippen LogP contribution is 2.18. The molecule has 1 aromatic rings. The van der Waals surface area contributed by atoms with Crippen LogP contribution in [0.3, 0.4) is 0 Å². The van der Waals surface area contributed by atoms with Gasteiger partial charge < -0.3 is 10.2 Å². The van der Waals surface area contributed by atoms with Crippen molar-refractivity contribution in [2.75, 3.05) is 37.6 Å². The lowest BCUT2D eigenvalue weighted by atomic mass is 10.2. The SMILES string of the molecule is CC[C@H](C)NC(=O)CN1CCN(c2nccs2)CC1. The summed E-state index contributed by atoms with van der Waals surface area (Å²) >= 11 is 1.67. The fourth-order valence-electron chi connectivity index (χ4n) is 2.09. The van der Waals surface area contributed by atoms with Crippen LogP contribution in [0.5, 0.6) is 0 Å². The van der Waals surface area contributed by atoms with E-state index in [-0.39, 0.29) is 11.9 Å². The molecule has 1 aliphatic rings. The Morgan fingerprint density at radius 2 is 2.21 bits per heavy atom. The summed E-state index contributed by atoms with van der Waals surface area (Å²) < 4.78 is 0. The van der Waals surface area contributed by atoms with Crippen molar-refractivity contribution in [1.29, 1.82) is 0 Å². The first kappa shape index (κ1) is 14.3. The minimum atomic E-state index is 0.136. The van der Waals surface area contributed by atoms with Crippen molar-refractivity contribution in [2.45, 2.75) is 26.3 Å². The van der Waals surface area contributed by atoms with Crippen molar-refractivity contribution in [3.63, 3.8) is 0 Å². The maximum atomic E-state index is 11.8. The molecule has 1 amide bonds. The van der Waals surface area contributed by atoms with Crippen LogP contribution in [0.25, 0.3) is 0 Å². The Hall–Kier alpha value is -1.14. The van der Waals surface area contributed by atoms with Crippen molar-refractivity contribution in [3.8, 4) is 0 Å². The number of rotatable bonds is 5. The van der Waals surface area contributed by atoms with Crippen LogP contribution in [-0.4, -0.2) is 54.6 Å². The summed E-state index contributed by atoms with van der Waals surface area (Å²) in [4.78, 5) is 20.6. The molecule has 0 aliphatic carbocycles. The monoisotopic (exact) mass is 282 g/mol. The number of hydrogen-bond acceptors (Lipinski definition) is 5. The highest BCUT2D eigenvalue weighted by Gasteiger charge is 2.20. The summed E-state index contributed by atoms with van der Waals surface area (Å²) in [6.07, 6.45) is 2.82. The summed E-state index contributed by atoms with van der Waals surface area (Å²) in [6, 6.07) is 0.268. The molecule has 2 heterocycles. The van der Waals surface area contributed by atoms with Gasteiger partial charge in [-0.2, -0.15) is 0 Å². The second kappa shape index (κ2) is 6.86. The average Bonchev–Trinajstić information content (AvgIpc) is 2.93. The third-order valence-electron chi connectivity index (χ3n) is 3.45. The van der Waals surface area contributed by atoms with Crippen LogP contribution in [0.2, 0.25) is 0 Å². The van der Waals surface area contributed by atoms with Gasteiger partial charge in [-0.05, 0) is 13.3 Å². The van der Waals surface area contributed by atoms with Gasteiger partial charge in [0.15, 0.2) is 5.13 Å². The molecule has 0 bridgehead atoms. The van der Waals surface area contributed by atoms with Crippen molar-refractivity contribution in [1.82, 2.24) is 15.2 Å². The molecule has 106 valence electrons. The van der Waals surface area contributed by atoms with E-state index in [1.54, 1.807) is 11.3 Å². The Bertz CT molecular complexity index is 387. The minimum absolute atomic E-state index is 0.136. The Kier molecular flexibility index (Phi) is 5.15. The predicted molar refractivity (Wildman–Crippen MR) is 78.7 cm³/mol. The summed E-state index contributed by atoms with van der Waals surface area (Å²) in [6.45, 7) is 8.38. The van der Waals surface area contributed by atoms with E-state index in [0.717, 1.165) is 37.7 Å². The van der Waals surface area contributed by atoms with Gasteiger partial charge >= 0.3 is 0 Å². The number of carbonyl (C=O) groups is 1. The molecule has 1 N–H and O–H groups in total. The quantitative estimate of drug-likeness (QED) is 0.881. The number of amides is 1. The van der Waals surface area contributed by atoms with Gasteiger partial charge in [0.05, 0.1) is 6.54 Å². The Morgan fingerprint density at radius 1 is 1.47 bits per heavy atom. The fourth-order valence-corrected chi connectivity index (χ4v) is 2.79. The lowest BCUT2D eigenvalue weighted by Gasteiger charge is -2.34. The van der Waals surface area contributed by atoms with E-state index in [9.17, 15) is 4.79 Å². The van der Waals surface area contributed by atoms with E-state index in [2.05, 4.69) is 27.0 Å². The lowest BCUT2D eigenvalue weighted by Crippen LogP contribution is -2.50. The maximum Gasteiger partial charge on any atom is 0.234 e. The first-order valence-corrected chi connectivity index (χ1v) is 7.73. The molecule has 1 atom stereocenters. The lowest BCUT2D eigenvalue weighted by molar-refractivity contribution is -0.122. The van der Waals surface area contributed by atoms with Crippen LogP contribution < -0.4 is 10.2 Å². The molecular weight excluding hydrogens is 260 g/mol. The van der Waals surface area contributed by atoms with Crippen LogP contribution in [0, 0.1) is 0 Å². The highest BCUT2D eigenvalue weighted by molar-refractivity contribution is 7.13. The van der Waals surface area contributed by atoms with Gasteiger partial charge in [-0.15, -0.1) is 11.3 Å². The number of carbonyl (C=O) groups excluding carboxylic acids is 1. The largest absolute Gasteiger partial charge is 0.353 e. The number of nitrogens with zero attached hydrogens (tertiary/aromatic N) is 3. The molecule has 1 saturated heterocycles. The molecule has 19 heavy (non-hydrogen) atoms. The molecule has 0 spiro atoms. The van der Waals surface area contributed by atoms with E-state index in [1.165, 1.54) is 0 Å². The van der Waals surface area contributed by atoms with Crippen molar-refractivity contribution >= 4 is 22.4 Å². The average molecular weight is 282 g/mol. The molecule has 1 aromatic heterocycles. The van der Waals surface area contributed by atoms with Gasteiger partial charge in [-0.3, -0.25) is 9.69 Å². The Labute approximate surface area is 118 Å². The van der Waals surface area contributed by atoms with Crippen LogP contribution in [0.4, 0.5) is 5.13 Å². The molecule has 5 nitrogen and oxygen atoms in total. The molecule has 0 unspecified atom stereocenters. The molecule has 0 aromatic carbocycles. The van der Waals surface area contributed by atoms with E-state index >= 15 is 0 Å². The number of piperazine rings is 1. The van der Waals surface area contributed by atoms with Crippen molar-refractivity contribution in [2.24, 2.45) is 0 Å². The fraction of sp³-hybridized carbons (Fsp3) is 0.692. The summed E-state index contributed by atoms with van der Waals surface area (Å²) in [5, 5.41) is 6.10. The molecule has 6 heteroatoms. The zero-order chi connectivity index (χ0) is 13.7. The van der Waals surface area contributed by atoms with E-state index < -0.39 is 0 Å². The first-order valence-electron chi connectivity index (χ1n) is 6.85. The molecule has 1 fully saturated rings. The second-order valence-corrected chi connectivity index (χ2v) is 5.83. The van der Waals surface area contributed by atoms with Gasteiger partial charge in [0.1, 0.15) is 0 Å². The molecule has 0 radical (unpaired) electrons. The molecule has 2 rings (SSSR count). The Morgan fingerprint density at radius 3 is 2.79 bits per heavy atom. The third-order valence-corrected chi connectivity index (χ3v) is 4.28. The number of aromatic nitrogens is 1. The van der Waals surface area contributed by atoms with Crippen molar-refractivity contribution in [3.05, 3.63) is 11.6 Å². The molecular formula is C13H22N4OS. The summed E-state index contributed by atoms with van der Waals surface area (Å²) in [5.74, 6) is 0.136. The van der Waals surface area contributed by atoms with Crippen LogP contribution in [0.1, 0.15) is 20.3 Å². The number of thiazole rings is 1. The predicted octanol–water partition coefficient (Wildman–Crippen LogP) is 1.18. The van der Waals surface area contributed by atoms with Gasteiger partial charge in [-0.1, -0.05) is 6.92 Å². The Balaban J connectivity index is 1.73. The van der Waals surface area contributed by atoms with E-state index in [0.29, 0.717) is 6.54 Å². The maximum absolute atomic E-state index is 11.8. The normalized spacial score (nSPS) is 18.3. The van der Waals surface area contributed by atoms with E-state index in [1.807, 2.05) is 18.5 Å². The van der Waals surface area contributed by atoms with Gasteiger partial charge in [0.25, 0.3) is 0 Å². The second-order valence-electron chi connectivity index (χ2n) is 4.95. The van der Waals surface area contributed by atoms with Gasteiger partial charge in [0, 0.05) is 43.8 Å². The molecule has 0 saturated carbocycles. The third kappa shape index (κ3) is 4.18. The smallest absolute Gasteiger partial charge is 0.234 e. The number of nitrogens with one attached hydrogen (secondary N) is 1. The zero-order valence-electron chi connectivity index (χ0n) is 11.6. The van der Waals surface area contributed by atoms with E-state index in [4.69, 9.17) is 0 Å². The first-order chi connectivity index (χ1) is 9.19. The van der Waals surface area contributed by atoms with Gasteiger partial charge in [-0.25, -0.2) is 4.98 Å². The van der Waals surface area contributed by atoms with Crippen LogP contribution in [-0.2, 0) is 4.79 Å². The zero-order valence-corrected chi connectivity index (χ0v) is 12.4. The number of anilines is 1. The number of hydrogen-bond donors (Lipinski definition) is 1.